The lowest BCUT2D eigenvalue weighted by molar-refractivity contribution is -0.121. The molecule has 1 amide bonds. The molecule has 2 N–H and O–H groups in total. The van der Waals surface area contributed by atoms with Crippen LogP contribution < -0.4 is 20.1 Å². The van der Waals surface area contributed by atoms with Crippen LogP contribution in [0.25, 0.3) is 0 Å². The van der Waals surface area contributed by atoms with Gasteiger partial charge in [-0.15, -0.1) is 0 Å². The normalized spacial score (nSPS) is 10.3. The Morgan fingerprint density at radius 1 is 1.13 bits per heavy atom. The number of carbonyl (C=O) groups is 1. The van der Waals surface area contributed by atoms with E-state index in [1.807, 2.05) is 36.4 Å². The van der Waals surface area contributed by atoms with E-state index >= 15 is 0 Å². The summed E-state index contributed by atoms with van der Waals surface area (Å²) in [5.74, 6) is 2.39. The van der Waals surface area contributed by atoms with E-state index in [0.29, 0.717) is 32.7 Å². The van der Waals surface area contributed by atoms with Crippen molar-refractivity contribution in [3.8, 4) is 11.5 Å². The lowest BCUT2D eigenvalue weighted by Gasteiger charge is -2.08. The highest BCUT2D eigenvalue weighted by Gasteiger charge is 2.01. The fourth-order valence-electron chi connectivity index (χ4n) is 1.95. The first kappa shape index (κ1) is 16.9. The largest absolute Gasteiger partial charge is 0.497 e. The number of carbonyl (C=O) groups excluding carboxylic acids is 1. The van der Waals surface area contributed by atoms with E-state index in [1.54, 1.807) is 13.4 Å². The lowest BCUT2D eigenvalue weighted by Crippen LogP contribution is -2.30. The molecule has 0 saturated carbocycles. The summed E-state index contributed by atoms with van der Waals surface area (Å²) in [4.78, 5) is 11.7. The molecule has 0 radical (unpaired) electrons. The molecule has 1 aromatic carbocycles. The number of nitrogens with one attached hydrogen (secondary N) is 2. The van der Waals surface area contributed by atoms with E-state index in [9.17, 15) is 4.79 Å². The predicted octanol–water partition coefficient (Wildman–Crippen LogP) is 1.96. The Hall–Kier alpha value is -2.47. The third-order valence-corrected chi connectivity index (χ3v) is 3.16. The molecule has 0 aliphatic heterocycles. The zero-order chi connectivity index (χ0) is 16.3. The molecule has 1 aromatic heterocycles. The van der Waals surface area contributed by atoms with Crippen LogP contribution in [0.1, 0.15) is 12.2 Å². The third-order valence-electron chi connectivity index (χ3n) is 3.16. The third kappa shape index (κ3) is 6.44. The van der Waals surface area contributed by atoms with Crippen LogP contribution in [0.5, 0.6) is 11.5 Å². The van der Waals surface area contributed by atoms with E-state index in [0.717, 1.165) is 17.3 Å². The highest BCUT2D eigenvalue weighted by molar-refractivity contribution is 5.76. The highest BCUT2D eigenvalue weighted by Crippen LogP contribution is 2.16. The van der Waals surface area contributed by atoms with E-state index in [4.69, 9.17) is 13.9 Å². The number of amides is 1. The van der Waals surface area contributed by atoms with Crippen molar-refractivity contribution in [3.05, 3.63) is 48.4 Å². The average molecular weight is 318 g/mol. The van der Waals surface area contributed by atoms with Crippen molar-refractivity contribution in [3.63, 3.8) is 0 Å². The van der Waals surface area contributed by atoms with Crippen molar-refractivity contribution in [2.24, 2.45) is 0 Å². The molecule has 2 aromatic rings. The van der Waals surface area contributed by atoms with Gasteiger partial charge in [0.05, 0.1) is 26.5 Å². The molecule has 0 aliphatic rings. The molecule has 0 aliphatic carbocycles. The maximum Gasteiger partial charge on any atom is 0.221 e. The van der Waals surface area contributed by atoms with Crippen molar-refractivity contribution in [1.29, 1.82) is 0 Å². The summed E-state index contributed by atoms with van der Waals surface area (Å²) >= 11 is 0. The smallest absolute Gasteiger partial charge is 0.221 e. The van der Waals surface area contributed by atoms with Crippen LogP contribution in [-0.2, 0) is 11.3 Å². The Morgan fingerprint density at radius 3 is 2.61 bits per heavy atom. The summed E-state index contributed by atoms with van der Waals surface area (Å²) in [5.41, 5.74) is 0. The highest BCUT2D eigenvalue weighted by atomic mass is 16.5. The number of methoxy groups -OCH3 is 1. The summed E-state index contributed by atoms with van der Waals surface area (Å²) < 4.78 is 15.8. The Balaban J connectivity index is 1.50. The number of ether oxygens (including phenoxy) is 2. The second-order valence-corrected chi connectivity index (χ2v) is 4.88. The van der Waals surface area contributed by atoms with Crippen LogP contribution >= 0.6 is 0 Å². The van der Waals surface area contributed by atoms with Gasteiger partial charge in [0, 0.05) is 13.0 Å². The summed E-state index contributed by atoms with van der Waals surface area (Å²) in [6.07, 6.45) is 2.05. The maximum atomic E-state index is 11.7. The van der Waals surface area contributed by atoms with Gasteiger partial charge in [0.15, 0.2) is 0 Å². The Labute approximate surface area is 135 Å². The maximum absolute atomic E-state index is 11.7. The fourth-order valence-corrected chi connectivity index (χ4v) is 1.95. The van der Waals surface area contributed by atoms with Crippen LogP contribution in [0.4, 0.5) is 0 Å². The molecule has 0 unspecified atom stereocenters. The van der Waals surface area contributed by atoms with E-state index in [2.05, 4.69) is 10.6 Å². The molecular formula is C17H22N2O4. The Morgan fingerprint density at radius 2 is 1.91 bits per heavy atom. The molecule has 23 heavy (non-hydrogen) atoms. The molecule has 6 heteroatoms. The molecule has 0 spiro atoms. The molecule has 2 rings (SSSR count). The van der Waals surface area contributed by atoms with Crippen molar-refractivity contribution in [1.82, 2.24) is 10.6 Å². The minimum atomic E-state index is -0.00437. The van der Waals surface area contributed by atoms with E-state index in [1.165, 1.54) is 0 Å². The van der Waals surface area contributed by atoms with Crippen LogP contribution in [0, 0.1) is 0 Å². The van der Waals surface area contributed by atoms with Gasteiger partial charge in [0.1, 0.15) is 23.9 Å². The summed E-state index contributed by atoms with van der Waals surface area (Å²) in [6, 6.07) is 11.1. The summed E-state index contributed by atoms with van der Waals surface area (Å²) in [7, 11) is 1.62. The monoisotopic (exact) mass is 318 g/mol. The first-order valence-electron chi connectivity index (χ1n) is 7.54. The lowest BCUT2D eigenvalue weighted by atomic mass is 10.3. The molecule has 0 fully saturated rings. The SMILES string of the molecule is COc1ccc(OCCNC(=O)CCNCc2ccco2)cc1. The molecule has 0 atom stereocenters. The van der Waals surface area contributed by atoms with Gasteiger partial charge in [-0.25, -0.2) is 0 Å². The van der Waals surface area contributed by atoms with Crippen LogP contribution in [-0.4, -0.2) is 32.7 Å². The fraction of sp³-hybridized carbons (Fsp3) is 0.353. The molecular weight excluding hydrogens is 296 g/mol. The minimum absolute atomic E-state index is 0.00437. The van der Waals surface area contributed by atoms with Crippen molar-refractivity contribution in [2.45, 2.75) is 13.0 Å². The minimum Gasteiger partial charge on any atom is -0.497 e. The Kier molecular flexibility index (Phi) is 7.00. The Bertz CT molecular complexity index is 567. The number of benzene rings is 1. The van der Waals surface area contributed by atoms with Gasteiger partial charge in [-0.2, -0.15) is 0 Å². The zero-order valence-electron chi connectivity index (χ0n) is 13.2. The second-order valence-electron chi connectivity index (χ2n) is 4.88. The van der Waals surface area contributed by atoms with Gasteiger partial charge in [0.2, 0.25) is 5.91 Å². The summed E-state index contributed by atoms with van der Waals surface area (Å²) in [5, 5.41) is 5.97. The van der Waals surface area contributed by atoms with E-state index in [-0.39, 0.29) is 5.91 Å². The van der Waals surface area contributed by atoms with Crippen molar-refractivity contribution in [2.75, 3.05) is 26.8 Å². The van der Waals surface area contributed by atoms with Crippen LogP contribution in [0.2, 0.25) is 0 Å². The van der Waals surface area contributed by atoms with Gasteiger partial charge < -0.3 is 24.5 Å². The van der Waals surface area contributed by atoms with Crippen LogP contribution in [0.3, 0.4) is 0 Å². The second kappa shape index (κ2) is 9.53. The molecule has 6 nitrogen and oxygen atoms in total. The van der Waals surface area contributed by atoms with E-state index < -0.39 is 0 Å². The molecule has 1 heterocycles. The topological polar surface area (TPSA) is 72.7 Å². The summed E-state index contributed by atoms with van der Waals surface area (Å²) in [6.45, 7) is 2.13. The van der Waals surface area contributed by atoms with Crippen molar-refractivity contribution < 1.29 is 18.7 Å². The van der Waals surface area contributed by atoms with Gasteiger partial charge in [0.25, 0.3) is 0 Å². The van der Waals surface area contributed by atoms with Gasteiger partial charge in [-0.3, -0.25) is 4.79 Å². The number of hydrogen-bond donors (Lipinski definition) is 2. The average Bonchev–Trinajstić information content (AvgIpc) is 3.09. The van der Waals surface area contributed by atoms with Crippen LogP contribution in [0.15, 0.2) is 47.1 Å². The predicted molar refractivity (Wildman–Crippen MR) is 86.5 cm³/mol. The molecule has 0 saturated heterocycles. The standard InChI is InChI=1S/C17H22N2O4/c1-21-14-4-6-15(7-5-14)23-12-10-19-17(20)8-9-18-13-16-3-2-11-22-16/h2-7,11,18H,8-10,12-13H2,1H3,(H,19,20). The number of hydrogen-bond acceptors (Lipinski definition) is 5. The van der Waals surface area contributed by atoms with Gasteiger partial charge >= 0.3 is 0 Å². The number of rotatable bonds is 10. The number of furan rings is 1. The first-order valence-corrected chi connectivity index (χ1v) is 7.54. The molecule has 124 valence electrons. The molecule has 0 bridgehead atoms. The van der Waals surface area contributed by atoms with Gasteiger partial charge in [-0.1, -0.05) is 0 Å². The van der Waals surface area contributed by atoms with Crippen molar-refractivity contribution >= 4 is 5.91 Å². The first-order chi connectivity index (χ1) is 11.3. The van der Waals surface area contributed by atoms with Gasteiger partial charge in [-0.05, 0) is 36.4 Å². The zero-order valence-corrected chi connectivity index (χ0v) is 13.2. The quantitative estimate of drug-likeness (QED) is 0.655.